The lowest BCUT2D eigenvalue weighted by Crippen LogP contribution is -2.08. The zero-order valence-electron chi connectivity index (χ0n) is 16.5. The molecule has 0 bridgehead atoms. The summed E-state index contributed by atoms with van der Waals surface area (Å²) in [4.78, 5) is 10.9. The topological polar surface area (TPSA) is 73.0 Å². The SMILES string of the molecule is Cc1cc(C)cc(-c2nn(-c3cc([N+](=O)[O-])ccc3C)c3c2CCCCN3)c1. The van der Waals surface area contributed by atoms with Crippen molar-refractivity contribution in [1.82, 2.24) is 9.78 Å². The van der Waals surface area contributed by atoms with Crippen molar-refractivity contribution in [3.8, 4) is 16.9 Å². The van der Waals surface area contributed by atoms with Crippen molar-refractivity contribution in [2.75, 3.05) is 11.9 Å². The number of nitro benzene ring substituents is 1. The third-order valence-electron chi connectivity index (χ3n) is 5.26. The van der Waals surface area contributed by atoms with Crippen LogP contribution in [-0.2, 0) is 6.42 Å². The first-order valence-corrected chi connectivity index (χ1v) is 9.64. The van der Waals surface area contributed by atoms with E-state index in [2.05, 4.69) is 37.4 Å². The van der Waals surface area contributed by atoms with Gasteiger partial charge in [-0.1, -0.05) is 23.3 Å². The van der Waals surface area contributed by atoms with E-state index in [-0.39, 0.29) is 10.6 Å². The van der Waals surface area contributed by atoms with Gasteiger partial charge in [-0.2, -0.15) is 5.10 Å². The van der Waals surface area contributed by atoms with Crippen LogP contribution in [0.4, 0.5) is 11.5 Å². The Morgan fingerprint density at radius 2 is 1.82 bits per heavy atom. The Balaban J connectivity index is 1.96. The summed E-state index contributed by atoms with van der Waals surface area (Å²) in [5.74, 6) is 0.954. The van der Waals surface area contributed by atoms with Crippen LogP contribution in [0.2, 0.25) is 0 Å². The molecule has 0 saturated carbocycles. The number of nitro groups is 1. The highest BCUT2D eigenvalue weighted by atomic mass is 16.6. The second-order valence-electron chi connectivity index (χ2n) is 7.58. The monoisotopic (exact) mass is 376 g/mol. The molecule has 6 heteroatoms. The minimum absolute atomic E-state index is 0.0754. The molecule has 0 spiro atoms. The molecular weight excluding hydrogens is 352 g/mol. The van der Waals surface area contributed by atoms with E-state index in [4.69, 9.17) is 5.10 Å². The molecule has 2 heterocycles. The Hall–Kier alpha value is -3.15. The normalized spacial score (nSPS) is 13.5. The average molecular weight is 376 g/mol. The molecule has 144 valence electrons. The number of hydrogen-bond acceptors (Lipinski definition) is 4. The van der Waals surface area contributed by atoms with Crippen LogP contribution in [0.3, 0.4) is 0 Å². The minimum Gasteiger partial charge on any atom is -0.370 e. The predicted molar refractivity (Wildman–Crippen MR) is 111 cm³/mol. The first-order chi connectivity index (χ1) is 13.4. The van der Waals surface area contributed by atoms with E-state index in [1.807, 2.05) is 11.6 Å². The van der Waals surface area contributed by atoms with Crippen LogP contribution in [0.25, 0.3) is 16.9 Å². The van der Waals surface area contributed by atoms with Crippen molar-refractivity contribution < 1.29 is 4.92 Å². The highest BCUT2D eigenvalue weighted by Gasteiger charge is 2.23. The number of fused-ring (bicyclic) bond motifs is 1. The van der Waals surface area contributed by atoms with Crippen molar-refractivity contribution in [1.29, 1.82) is 0 Å². The van der Waals surface area contributed by atoms with E-state index in [0.29, 0.717) is 0 Å². The molecule has 0 amide bonds. The van der Waals surface area contributed by atoms with E-state index in [1.165, 1.54) is 16.7 Å². The van der Waals surface area contributed by atoms with Gasteiger partial charge in [-0.3, -0.25) is 10.1 Å². The third-order valence-corrected chi connectivity index (χ3v) is 5.26. The molecule has 0 radical (unpaired) electrons. The number of non-ortho nitro benzene ring substituents is 1. The summed E-state index contributed by atoms with van der Waals surface area (Å²) in [6.45, 7) is 7.02. The molecule has 0 aliphatic carbocycles. The van der Waals surface area contributed by atoms with Gasteiger partial charge in [0.25, 0.3) is 5.69 Å². The van der Waals surface area contributed by atoms with Gasteiger partial charge in [0, 0.05) is 29.8 Å². The molecule has 6 nitrogen and oxygen atoms in total. The van der Waals surface area contributed by atoms with E-state index >= 15 is 0 Å². The van der Waals surface area contributed by atoms with Gasteiger partial charge in [0.15, 0.2) is 0 Å². The Morgan fingerprint density at radius 1 is 1.07 bits per heavy atom. The number of rotatable bonds is 3. The van der Waals surface area contributed by atoms with Crippen LogP contribution < -0.4 is 5.32 Å². The fraction of sp³-hybridized carbons (Fsp3) is 0.318. The van der Waals surface area contributed by atoms with Gasteiger partial charge in [-0.15, -0.1) is 0 Å². The second kappa shape index (κ2) is 7.11. The number of benzene rings is 2. The Labute approximate surface area is 164 Å². The number of anilines is 1. The van der Waals surface area contributed by atoms with Crippen molar-refractivity contribution >= 4 is 11.5 Å². The minimum atomic E-state index is -0.358. The smallest absolute Gasteiger partial charge is 0.271 e. The molecule has 0 atom stereocenters. The van der Waals surface area contributed by atoms with Crippen molar-refractivity contribution in [3.05, 3.63) is 68.8 Å². The van der Waals surface area contributed by atoms with Gasteiger partial charge < -0.3 is 5.32 Å². The number of nitrogens with one attached hydrogen (secondary N) is 1. The van der Waals surface area contributed by atoms with Gasteiger partial charge in [0.1, 0.15) is 5.82 Å². The molecule has 28 heavy (non-hydrogen) atoms. The molecule has 1 aromatic heterocycles. The lowest BCUT2D eigenvalue weighted by molar-refractivity contribution is -0.384. The number of aryl methyl sites for hydroxylation is 3. The second-order valence-corrected chi connectivity index (χ2v) is 7.58. The zero-order chi connectivity index (χ0) is 19.8. The van der Waals surface area contributed by atoms with Crippen LogP contribution in [0.15, 0.2) is 36.4 Å². The van der Waals surface area contributed by atoms with Crippen molar-refractivity contribution in [2.45, 2.75) is 40.0 Å². The highest BCUT2D eigenvalue weighted by Crippen LogP contribution is 2.36. The molecule has 0 saturated heterocycles. The fourth-order valence-corrected chi connectivity index (χ4v) is 3.96. The summed E-state index contributed by atoms with van der Waals surface area (Å²) in [7, 11) is 0. The van der Waals surface area contributed by atoms with E-state index in [1.54, 1.807) is 18.2 Å². The standard InChI is InChI=1S/C22H24N4O2/c1-14-10-15(2)12-17(11-14)21-19-6-4-5-9-23-22(19)25(24-21)20-13-18(26(27)28)8-7-16(20)3/h7-8,10-13,23H,4-6,9H2,1-3H3. The number of hydrogen-bond donors (Lipinski definition) is 1. The Kier molecular flexibility index (Phi) is 4.63. The van der Waals surface area contributed by atoms with Gasteiger partial charge >= 0.3 is 0 Å². The van der Waals surface area contributed by atoms with Crippen LogP contribution >= 0.6 is 0 Å². The van der Waals surface area contributed by atoms with Crippen LogP contribution in [0, 0.1) is 30.9 Å². The fourth-order valence-electron chi connectivity index (χ4n) is 3.96. The van der Waals surface area contributed by atoms with E-state index in [9.17, 15) is 10.1 Å². The summed E-state index contributed by atoms with van der Waals surface area (Å²) in [6.07, 6.45) is 3.13. The Bertz CT molecular complexity index is 1050. The molecular formula is C22H24N4O2. The molecule has 1 aliphatic heterocycles. The number of nitrogens with zero attached hydrogens (tertiary/aromatic N) is 3. The summed E-state index contributed by atoms with van der Waals surface area (Å²) < 4.78 is 1.86. The lowest BCUT2D eigenvalue weighted by Gasteiger charge is -2.11. The van der Waals surface area contributed by atoms with Gasteiger partial charge in [-0.05, 0) is 57.7 Å². The summed E-state index contributed by atoms with van der Waals surface area (Å²) in [5.41, 5.74) is 7.42. The van der Waals surface area contributed by atoms with Gasteiger partial charge in [-0.25, -0.2) is 4.68 Å². The third kappa shape index (κ3) is 3.26. The van der Waals surface area contributed by atoms with E-state index in [0.717, 1.165) is 54.1 Å². The molecule has 4 rings (SSSR count). The maximum absolute atomic E-state index is 11.3. The molecule has 1 aliphatic rings. The summed E-state index contributed by atoms with van der Waals surface area (Å²) in [5, 5.41) is 19.8. The molecule has 0 fully saturated rings. The number of aromatic nitrogens is 2. The molecule has 3 aromatic rings. The zero-order valence-corrected chi connectivity index (χ0v) is 16.5. The van der Waals surface area contributed by atoms with Gasteiger partial charge in [0.05, 0.1) is 16.3 Å². The molecule has 2 aromatic carbocycles. The molecule has 0 unspecified atom stereocenters. The van der Waals surface area contributed by atoms with Crippen LogP contribution in [0.5, 0.6) is 0 Å². The largest absolute Gasteiger partial charge is 0.370 e. The van der Waals surface area contributed by atoms with Crippen molar-refractivity contribution in [3.63, 3.8) is 0 Å². The van der Waals surface area contributed by atoms with Crippen LogP contribution in [-0.4, -0.2) is 21.2 Å². The molecule has 1 N–H and O–H groups in total. The summed E-state index contributed by atoms with van der Waals surface area (Å²) >= 11 is 0. The van der Waals surface area contributed by atoms with E-state index < -0.39 is 0 Å². The Morgan fingerprint density at radius 3 is 2.54 bits per heavy atom. The quantitative estimate of drug-likeness (QED) is 0.508. The highest BCUT2D eigenvalue weighted by molar-refractivity contribution is 5.72. The van der Waals surface area contributed by atoms with Gasteiger partial charge in [0.2, 0.25) is 0 Å². The van der Waals surface area contributed by atoms with Crippen LogP contribution in [0.1, 0.15) is 35.1 Å². The average Bonchev–Trinajstić information content (AvgIpc) is 2.82. The first kappa shape index (κ1) is 18.2. The van der Waals surface area contributed by atoms with Crippen molar-refractivity contribution in [2.24, 2.45) is 0 Å². The summed E-state index contributed by atoms with van der Waals surface area (Å²) in [6, 6.07) is 11.4. The maximum Gasteiger partial charge on any atom is 0.271 e. The first-order valence-electron chi connectivity index (χ1n) is 9.64. The maximum atomic E-state index is 11.3. The predicted octanol–water partition coefficient (Wildman–Crippen LogP) is 5.12. The lowest BCUT2D eigenvalue weighted by atomic mass is 10.00.